The Bertz CT molecular complexity index is 756. The summed E-state index contributed by atoms with van der Waals surface area (Å²) >= 11 is 6.14. The number of nitrogens with one attached hydrogen (secondary N) is 2. The van der Waals surface area contributed by atoms with Crippen molar-refractivity contribution in [2.24, 2.45) is 0 Å². The zero-order valence-electron chi connectivity index (χ0n) is 16.0. The lowest BCUT2D eigenvalue weighted by atomic mass is 10.0. The molecule has 1 atom stereocenters. The van der Waals surface area contributed by atoms with Gasteiger partial charge in [0.2, 0.25) is 5.91 Å². The summed E-state index contributed by atoms with van der Waals surface area (Å²) in [6.07, 6.45) is 0. The number of hydrogen-bond acceptors (Lipinski definition) is 4. The molecule has 0 aromatic heterocycles. The second kappa shape index (κ2) is 11.4. The summed E-state index contributed by atoms with van der Waals surface area (Å²) in [6, 6.07) is 16.1. The van der Waals surface area contributed by atoms with E-state index in [1.165, 1.54) is 0 Å². The van der Waals surface area contributed by atoms with Crippen LogP contribution in [0.5, 0.6) is 0 Å². The lowest BCUT2D eigenvalue weighted by Gasteiger charge is -2.36. The number of carbonyl (C=O) groups is 1. The smallest absolute Gasteiger partial charge is 0.234 e. The number of halogens is 2. The number of benzene rings is 2. The van der Waals surface area contributed by atoms with Crippen LogP contribution in [0.1, 0.15) is 22.7 Å². The molecule has 1 fully saturated rings. The van der Waals surface area contributed by atoms with Crippen molar-refractivity contribution in [3.63, 3.8) is 0 Å². The van der Waals surface area contributed by atoms with E-state index in [-0.39, 0.29) is 24.4 Å². The van der Waals surface area contributed by atoms with Crippen molar-refractivity contribution in [3.8, 4) is 0 Å². The van der Waals surface area contributed by atoms with Gasteiger partial charge in [-0.1, -0.05) is 48.0 Å². The van der Waals surface area contributed by atoms with Gasteiger partial charge in [-0.25, -0.2) is 0 Å². The molecule has 0 spiro atoms. The Hall–Kier alpha value is -1.63. The van der Waals surface area contributed by atoms with Crippen LogP contribution < -0.4 is 10.6 Å². The second-order valence-corrected chi connectivity index (χ2v) is 7.21. The minimum absolute atomic E-state index is 0. The van der Waals surface area contributed by atoms with Gasteiger partial charge in [0.05, 0.1) is 13.2 Å². The number of rotatable bonds is 7. The molecule has 1 heterocycles. The number of methoxy groups -OCH3 is 1. The standard InChI is InChI=1S/C21H26ClN3O2.ClH/c1-27-15-17-7-5-16(6-8-17)12-24-21(26)14-25-10-9-23-13-20(25)18-3-2-4-19(22)11-18;/h2-8,11,20,23H,9-10,12-15H2,1H3,(H,24,26);1H. The Morgan fingerprint density at radius 2 is 2.00 bits per heavy atom. The summed E-state index contributed by atoms with van der Waals surface area (Å²) in [7, 11) is 1.68. The summed E-state index contributed by atoms with van der Waals surface area (Å²) < 4.78 is 5.12. The Morgan fingerprint density at radius 1 is 1.25 bits per heavy atom. The first-order chi connectivity index (χ1) is 13.2. The Labute approximate surface area is 177 Å². The first kappa shape index (κ1) is 22.7. The summed E-state index contributed by atoms with van der Waals surface area (Å²) in [6.45, 7) is 4.03. The summed E-state index contributed by atoms with van der Waals surface area (Å²) in [5.41, 5.74) is 3.34. The molecule has 1 unspecified atom stereocenters. The van der Waals surface area contributed by atoms with Gasteiger partial charge in [0.1, 0.15) is 0 Å². The maximum Gasteiger partial charge on any atom is 0.234 e. The summed E-state index contributed by atoms with van der Waals surface area (Å²) in [5, 5.41) is 7.15. The molecule has 1 aliphatic rings. The minimum atomic E-state index is 0. The number of nitrogens with zero attached hydrogens (tertiary/aromatic N) is 1. The fourth-order valence-corrected chi connectivity index (χ4v) is 3.54. The van der Waals surface area contributed by atoms with E-state index in [9.17, 15) is 4.79 Å². The number of amides is 1. The van der Waals surface area contributed by atoms with Crippen LogP contribution in [-0.4, -0.2) is 44.1 Å². The number of ether oxygens (including phenoxy) is 1. The van der Waals surface area contributed by atoms with Crippen LogP contribution >= 0.6 is 24.0 Å². The monoisotopic (exact) mass is 423 g/mol. The molecule has 1 amide bonds. The highest BCUT2D eigenvalue weighted by Crippen LogP contribution is 2.24. The van der Waals surface area contributed by atoms with Gasteiger partial charge in [-0.05, 0) is 28.8 Å². The molecular weight excluding hydrogens is 397 g/mol. The van der Waals surface area contributed by atoms with Crippen LogP contribution in [0.2, 0.25) is 5.02 Å². The lowest BCUT2D eigenvalue weighted by molar-refractivity contribution is -0.123. The molecule has 2 aromatic rings. The van der Waals surface area contributed by atoms with E-state index < -0.39 is 0 Å². The van der Waals surface area contributed by atoms with E-state index in [1.807, 2.05) is 42.5 Å². The number of piperazine rings is 1. The van der Waals surface area contributed by atoms with Gasteiger partial charge in [-0.15, -0.1) is 12.4 Å². The molecule has 0 bridgehead atoms. The Morgan fingerprint density at radius 3 is 2.71 bits per heavy atom. The summed E-state index contributed by atoms with van der Waals surface area (Å²) in [5.74, 6) is 0.0323. The molecule has 2 aromatic carbocycles. The zero-order chi connectivity index (χ0) is 19.1. The van der Waals surface area contributed by atoms with Gasteiger partial charge < -0.3 is 15.4 Å². The predicted octanol–water partition coefficient (Wildman–Crippen LogP) is 3.17. The lowest BCUT2D eigenvalue weighted by Crippen LogP contribution is -2.49. The van der Waals surface area contributed by atoms with E-state index in [0.29, 0.717) is 19.7 Å². The van der Waals surface area contributed by atoms with Gasteiger partial charge in [0.25, 0.3) is 0 Å². The van der Waals surface area contributed by atoms with E-state index in [2.05, 4.69) is 21.6 Å². The van der Waals surface area contributed by atoms with Gasteiger partial charge in [0.15, 0.2) is 0 Å². The van der Waals surface area contributed by atoms with Crippen molar-refractivity contribution < 1.29 is 9.53 Å². The van der Waals surface area contributed by atoms with Crippen molar-refractivity contribution in [3.05, 3.63) is 70.2 Å². The van der Waals surface area contributed by atoms with E-state index in [0.717, 1.165) is 41.3 Å². The predicted molar refractivity (Wildman–Crippen MR) is 115 cm³/mol. The van der Waals surface area contributed by atoms with E-state index in [4.69, 9.17) is 16.3 Å². The number of hydrogen-bond donors (Lipinski definition) is 2. The van der Waals surface area contributed by atoms with E-state index in [1.54, 1.807) is 7.11 Å². The minimum Gasteiger partial charge on any atom is -0.380 e. The fraction of sp³-hybridized carbons (Fsp3) is 0.381. The quantitative estimate of drug-likeness (QED) is 0.717. The maximum atomic E-state index is 12.5. The SMILES string of the molecule is COCc1ccc(CNC(=O)CN2CCNCC2c2cccc(Cl)c2)cc1.Cl. The highest BCUT2D eigenvalue weighted by Gasteiger charge is 2.25. The zero-order valence-corrected chi connectivity index (χ0v) is 17.6. The third-order valence-corrected chi connectivity index (χ3v) is 4.99. The van der Waals surface area contributed by atoms with Gasteiger partial charge in [0, 0.05) is 44.4 Å². The topological polar surface area (TPSA) is 53.6 Å². The molecule has 0 aliphatic carbocycles. The average Bonchev–Trinajstić information content (AvgIpc) is 2.68. The van der Waals surface area contributed by atoms with E-state index >= 15 is 0 Å². The molecule has 0 radical (unpaired) electrons. The van der Waals surface area contributed by atoms with Crippen LogP contribution in [0.25, 0.3) is 0 Å². The summed E-state index contributed by atoms with van der Waals surface area (Å²) in [4.78, 5) is 14.7. The molecular formula is C21H27Cl2N3O2. The molecule has 1 aliphatic heterocycles. The van der Waals surface area contributed by atoms with Crippen LogP contribution in [0, 0.1) is 0 Å². The second-order valence-electron chi connectivity index (χ2n) is 6.77. The molecule has 152 valence electrons. The maximum absolute atomic E-state index is 12.5. The van der Waals surface area contributed by atoms with Crippen LogP contribution in [0.3, 0.4) is 0 Å². The Balaban J connectivity index is 0.00000280. The van der Waals surface area contributed by atoms with Gasteiger partial charge >= 0.3 is 0 Å². The molecule has 28 heavy (non-hydrogen) atoms. The largest absolute Gasteiger partial charge is 0.380 e. The molecule has 2 N–H and O–H groups in total. The number of carbonyl (C=O) groups excluding carboxylic acids is 1. The first-order valence-electron chi connectivity index (χ1n) is 9.19. The molecule has 5 nitrogen and oxygen atoms in total. The third-order valence-electron chi connectivity index (χ3n) is 4.76. The van der Waals surface area contributed by atoms with Crippen LogP contribution in [0.4, 0.5) is 0 Å². The van der Waals surface area contributed by atoms with Crippen molar-refractivity contribution in [1.82, 2.24) is 15.5 Å². The van der Waals surface area contributed by atoms with Crippen molar-refractivity contribution in [2.45, 2.75) is 19.2 Å². The first-order valence-corrected chi connectivity index (χ1v) is 9.57. The fourth-order valence-electron chi connectivity index (χ4n) is 3.34. The van der Waals surface area contributed by atoms with Crippen LogP contribution in [-0.2, 0) is 22.7 Å². The highest BCUT2D eigenvalue weighted by atomic mass is 35.5. The van der Waals surface area contributed by atoms with Crippen molar-refractivity contribution >= 4 is 29.9 Å². The average molecular weight is 424 g/mol. The van der Waals surface area contributed by atoms with Gasteiger partial charge in [-0.2, -0.15) is 0 Å². The molecule has 0 saturated carbocycles. The highest BCUT2D eigenvalue weighted by molar-refractivity contribution is 6.30. The Kier molecular flexibility index (Phi) is 9.22. The molecule has 7 heteroatoms. The molecule has 1 saturated heterocycles. The van der Waals surface area contributed by atoms with Gasteiger partial charge in [-0.3, -0.25) is 9.69 Å². The molecule has 3 rings (SSSR count). The van der Waals surface area contributed by atoms with Crippen molar-refractivity contribution in [1.29, 1.82) is 0 Å². The normalized spacial score (nSPS) is 17.0. The third kappa shape index (κ3) is 6.47. The van der Waals surface area contributed by atoms with Crippen molar-refractivity contribution in [2.75, 3.05) is 33.3 Å². The van der Waals surface area contributed by atoms with Crippen LogP contribution in [0.15, 0.2) is 48.5 Å².